The lowest BCUT2D eigenvalue weighted by Gasteiger charge is -2.13. The third-order valence-corrected chi connectivity index (χ3v) is 2.57. The molecule has 0 radical (unpaired) electrons. The molecule has 0 saturated carbocycles. The molecule has 0 unspecified atom stereocenters. The predicted octanol–water partition coefficient (Wildman–Crippen LogP) is 1.21. The Morgan fingerprint density at radius 2 is 2.12 bits per heavy atom. The topological polar surface area (TPSA) is 94.0 Å². The van der Waals surface area contributed by atoms with Crippen molar-refractivity contribution in [3.8, 4) is 0 Å². The van der Waals surface area contributed by atoms with Crippen molar-refractivity contribution in [2.45, 2.75) is 30.3 Å². The average molecular weight is 252 g/mol. The van der Waals surface area contributed by atoms with Crippen molar-refractivity contribution >= 4 is 23.7 Å². The number of hydrogen-bond donors (Lipinski definition) is 2. The maximum absolute atomic E-state index is 12.9. The quantitative estimate of drug-likeness (QED) is 0.782. The lowest BCUT2D eigenvalue weighted by molar-refractivity contribution is -0.152. The fourth-order valence-corrected chi connectivity index (χ4v) is 1.80. The molecule has 90 valence electrons. The lowest BCUT2D eigenvalue weighted by atomic mass is 10.4. The van der Waals surface area contributed by atoms with E-state index < -0.39 is 11.2 Å². The van der Waals surface area contributed by atoms with Crippen LogP contribution in [0, 0.1) is 0 Å². The Morgan fingerprint density at radius 1 is 1.56 bits per heavy atom. The summed E-state index contributed by atoms with van der Waals surface area (Å²) < 4.78 is 27.1. The van der Waals surface area contributed by atoms with Gasteiger partial charge in [-0.1, -0.05) is 0 Å². The summed E-state index contributed by atoms with van der Waals surface area (Å²) in [6.45, 7) is 3.39. The SMILES string of the molecule is CC(C)n1c(N)nnc1SC(F)(F)C(=O)O. The van der Waals surface area contributed by atoms with Gasteiger partial charge in [0, 0.05) is 17.8 Å². The molecule has 1 aromatic rings. The van der Waals surface area contributed by atoms with Gasteiger partial charge in [-0.15, -0.1) is 10.2 Å². The molecule has 0 atom stereocenters. The van der Waals surface area contributed by atoms with Crippen LogP contribution in [0.5, 0.6) is 0 Å². The minimum absolute atomic E-state index is 0.0290. The van der Waals surface area contributed by atoms with E-state index in [-0.39, 0.29) is 28.9 Å². The van der Waals surface area contributed by atoms with Gasteiger partial charge in [0.2, 0.25) is 5.95 Å². The van der Waals surface area contributed by atoms with E-state index in [9.17, 15) is 13.6 Å². The normalized spacial score (nSPS) is 12.1. The number of carbonyl (C=O) groups is 1. The Balaban J connectivity index is 3.03. The van der Waals surface area contributed by atoms with Crippen LogP contribution in [0.1, 0.15) is 19.9 Å². The van der Waals surface area contributed by atoms with Crippen molar-refractivity contribution in [1.82, 2.24) is 14.8 Å². The Labute approximate surface area is 93.8 Å². The molecule has 6 nitrogen and oxygen atoms in total. The fraction of sp³-hybridized carbons (Fsp3) is 0.571. The highest BCUT2D eigenvalue weighted by Gasteiger charge is 2.42. The van der Waals surface area contributed by atoms with Gasteiger partial charge in [-0.05, 0) is 13.8 Å². The molecule has 0 amide bonds. The molecule has 1 aromatic heterocycles. The Kier molecular flexibility index (Phi) is 3.36. The van der Waals surface area contributed by atoms with Crippen LogP contribution in [0.4, 0.5) is 14.7 Å². The minimum atomic E-state index is -3.95. The summed E-state index contributed by atoms with van der Waals surface area (Å²) in [6, 6.07) is -0.234. The number of nitrogens with two attached hydrogens (primary N) is 1. The number of thioether (sulfide) groups is 1. The first-order valence-corrected chi connectivity index (χ1v) is 5.08. The third-order valence-electron chi connectivity index (χ3n) is 1.68. The monoisotopic (exact) mass is 252 g/mol. The van der Waals surface area contributed by atoms with Gasteiger partial charge in [-0.3, -0.25) is 4.57 Å². The molecule has 0 aromatic carbocycles. The van der Waals surface area contributed by atoms with Crippen LogP contribution in [0.15, 0.2) is 5.16 Å². The van der Waals surface area contributed by atoms with Gasteiger partial charge in [0.15, 0.2) is 5.16 Å². The highest BCUT2D eigenvalue weighted by molar-refractivity contribution is 8.00. The first-order valence-electron chi connectivity index (χ1n) is 4.26. The maximum Gasteiger partial charge on any atom is 0.395 e. The second kappa shape index (κ2) is 4.24. The molecule has 16 heavy (non-hydrogen) atoms. The number of carboxylic acid groups (broad SMARTS) is 1. The maximum atomic E-state index is 12.9. The number of alkyl halides is 2. The number of aliphatic carboxylic acids is 1. The molecule has 9 heteroatoms. The molecular formula is C7H10F2N4O2S. The minimum Gasteiger partial charge on any atom is -0.476 e. The summed E-state index contributed by atoms with van der Waals surface area (Å²) in [7, 11) is 0. The Morgan fingerprint density at radius 3 is 2.56 bits per heavy atom. The number of rotatable bonds is 4. The van der Waals surface area contributed by atoms with Crippen LogP contribution in [0.25, 0.3) is 0 Å². The number of halogens is 2. The van der Waals surface area contributed by atoms with Crippen LogP contribution in [-0.4, -0.2) is 31.1 Å². The van der Waals surface area contributed by atoms with Gasteiger partial charge < -0.3 is 10.8 Å². The summed E-state index contributed by atoms with van der Waals surface area (Å²) in [6.07, 6.45) is 0. The largest absolute Gasteiger partial charge is 0.476 e. The standard InChI is InChI=1S/C7H10F2N4O2S/c1-3(2)13-5(10)11-12-6(13)16-7(8,9)4(14)15/h3H,1-2H3,(H2,10,11)(H,14,15). The van der Waals surface area contributed by atoms with Gasteiger partial charge in [-0.25, -0.2) is 4.79 Å². The van der Waals surface area contributed by atoms with E-state index in [0.29, 0.717) is 0 Å². The summed E-state index contributed by atoms with van der Waals surface area (Å²) in [5.41, 5.74) is 5.42. The summed E-state index contributed by atoms with van der Waals surface area (Å²) >= 11 is -0.194. The predicted molar refractivity (Wildman–Crippen MR) is 53.3 cm³/mol. The van der Waals surface area contributed by atoms with Crippen molar-refractivity contribution in [3.05, 3.63) is 0 Å². The highest BCUT2D eigenvalue weighted by atomic mass is 32.2. The van der Waals surface area contributed by atoms with E-state index in [2.05, 4.69) is 10.2 Å². The number of hydrogen-bond acceptors (Lipinski definition) is 5. The first-order chi connectivity index (χ1) is 7.25. The molecular weight excluding hydrogens is 242 g/mol. The second-order valence-corrected chi connectivity index (χ2v) is 4.31. The number of nitrogen functional groups attached to an aromatic ring is 1. The van der Waals surface area contributed by atoms with Gasteiger partial charge in [0.05, 0.1) is 0 Å². The highest BCUT2D eigenvalue weighted by Crippen LogP contribution is 2.36. The van der Waals surface area contributed by atoms with Crippen molar-refractivity contribution < 1.29 is 18.7 Å². The number of aromatic nitrogens is 3. The number of nitrogens with zero attached hydrogens (tertiary/aromatic N) is 3. The van der Waals surface area contributed by atoms with E-state index in [1.54, 1.807) is 13.8 Å². The smallest absolute Gasteiger partial charge is 0.395 e. The fourth-order valence-electron chi connectivity index (χ4n) is 1.00. The molecule has 0 saturated heterocycles. The van der Waals surface area contributed by atoms with E-state index in [4.69, 9.17) is 10.8 Å². The summed E-state index contributed by atoms with van der Waals surface area (Å²) in [5, 5.41) is 10.9. The van der Waals surface area contributed by atoms with E-state index in [1.165, 1.54) is 4.57 Å². The van der Waals surface area contributed by atoms with Gasteiger partial charge in [-0.2, -0.15) is 8.78 Å². The lowest BCUT2D eigenvalue weighted by Crippen LogP contribution is -2.24. The number of carboxylic acids is 1. The van der Waals surface area contributed by atoms with E-state index in [0.717, 1.165) is 0 Å². The Bertz CT molecular complexity index is 407. The molecule has 0 fully saturated rings. The van der Waals surface area contributed by atoms with E-state index >= 15 is 0 Å². The van der Waals surface area contributed by atoms with Gasteiger partial charge in [0.25, 0.3) is 0 Å². The van der Waals surface area contributed by atoms with Crippen molar-refractivity contribution in [2.75, 3.05) is 5.73 Å². The molecule has 0 bridgehead atoms. The van der Waals surface area contributed by atoms with Crippen LogP contribution < -0.4 is 5.73 Å². The van der Waals surface area contributed by atoms with Gasteiger partial charge in [0.1, 0.15) is 0 Å². The van der Waals surface area contributed by atoms with Crippen molar-refractivity contribution in [1.29, 1.82) is 0 Å². The average Bonchev–Trinajstić information content (AvgIpc) is 2.45. The van der Waals surface area contributed by atoms with Crippen molar-refractivity contribution in [3.63, 3.8) is 0 Å². The van der Waals surface area contributed by atoms with Crippen molar-refractivity contribution in [2.24, 2.45) is 0 Å². The third kappa shape index (κ3) is 2.40. The molecule has 1 rings (SSSR count). The second-order valence-electron chi connectivity index (χ2n) is 3.23. The zero-order valence-electron chi connectivity index (χ0n) is 8.52. The molecule has 0 aliphatic rings. The molecule has 0 aliphatic carbocycles. The van der Waals surface area contributed by atoms with Crippen LogP contribution >= 0.6 is 11.8 Å². The molecule has 1 heterocycles. The zero-order chi connectivity index (χ0) is 12.5. The molecule has 3 N–H and O–H groups in total. The van der Waals surface area contributed by atoms with E-state index in [1.807, 2.05) is 0 Å². The van der Waals surface area contributed by atoms with Gasteiger partial charge >= 0.3 is 11.2 Å². The molecule has 0 spiro atoms. The first kappa shape index (κ1) is 12.7. The van der Waals surface area contributed by atoms with Crippen LogP contribution in [0.3, 0.4) is 0 Å². The summed E-state index contributed by atoms with van der Waals surface area (Å²) in [5.74, 6) is -2.26. The van der Waals surface area contributed by atoms with Crippen LogP contribution in [-0.2, 0) is 4.79 Å². The number of anilines is 1. The van der Waals surface area contributed by atoms with Crippen LogP contribution in [0.2, 0.25) is 0 Å². The summed E-state index contributed by atoms with van der Waals surface area (Å²) in [4.78, 5) is 10.3. The molecule has 0 aliphatic heterocycles. The zero-order valence-corrected chi connectivity index (χ0v) is 9.33. The Hall–Kier alpha value is -1.38.